The second-order valence-electron chi connectivity index (χ2n) is 6.34. The van der Waals surface area contributed by atoms with E-state index < -0.39 is 0 Å². The Morgan fingerprint density at radius 3 is 2.36 bits per heavy atom. The molecule has 2 N–H and O–H groups in total. The molecule has 0 radical (unpaired) electrons. The second kappa shape index (κ2) is 7.74. The van der Waals surface area contributed by atoms with E-state index in [1.807, 2.05) is 31.0 Å². The van der Waals surface area contributed by atoms with Gasteiger partial charge in [0.2, 0.25) is 11.8 Å². The SMILES string of the molecule is CNC(=O)[C@@H]1Cc2cc(OC)c(OC)cc2[C@H]([C@H](C)NC(C)=O)N1C. The number of nitrogens with one attached hydrogen (secondary N) is 2. The molecule has 7 nitrogen and oxygen atoms in total. The summed E-state index contributed by atoms with van der Waals surface area (Å²) in [6.07, 6.45) is 0.565. The Morgan fingerprint density at radius 1 is 1.24 bits per heavy atom. The van der Waals surface area contributed by atoms with Gasteiger partial charge in [-0.2, -0.15) is 0 Å². The number of likely N-dealkylation sites (N-methyl/N-ethyl adjacent to an activating group) is 2. The first kappa shape index (κ1) is 19.1. The van der Waals surface area contributed by atoms with Gasteiger partial charge in [0.25, 0.3) is 0 Å². The monoisotopic (exact) mass is 349 g/mol. The Labute approximate surface area is 148 Å². The number of benzene rings is 1. The third-order valence-electron chi connectivity index (χ3n) is 4.76. The number of nitrogens with zero attached hydrogens (tertiary/aromatic N) is 1. The largest absolute Gasteiger partial charge is 0.493 e. The summed E-state index contributed by atoms with van der Waals surface area (Å²) in [6, 6.07) is 3.21. The van der Waals surface area contributed by atoms with Crippen LogP contribution in [0, 0.1) is 0 Å². The van der Waals surface area contributed by atoms with E-state index in [-0.39, 0.29) is 29.9 Å². The summed E-state index contributed by atoms with van der Waals surface area (Å²) in [5.74, 6) is 1.11. The van der Waals surface area contributed by atoms with Crippen molar-refractivity contribution in [3.63, 3.8) is 0 Å². The molecule has 1 aliphatic heterocycles. The number of carbonyl (C=O) groups excluding carboxylic acids is 2. The van der Waals surface area contributed by atoms with E-state index in [9.17, 15) is 9.59 Å². The molecule has 25 heavy (non-hydrogen) atoms. The lowest BCUT2D eigenvalue weighted by Gasteiger charge is -2.43. The highest BCUT2D eigenvalue weighted by molar-refractivity contribution is 5.82. The van der Waals surface area contributed by atoms with Crippen LogP contribution in [0.1, 0.15) is 31.0 Å². The molecule has 7 heteroatoms. The minimum absolute atomic E-state index is 0.0528. The van der Waals surface area contributed by atoms with Crippen molar-refractivity contribution in [2.24, 2.45) is 0 Å². The van der Waals surface area contributed by atoms with E-state index >= 15 is 0 Å². The number of rotatable bonds is 5. The van der Waals surface area contributed by atoms with Crippen molar-refractivity contribution in [1.29, 1.82) is 0 Å². The fourth-order valence-corrected chi connectivity index (χ4v) is 3.62. The summed E-state index contributed by atoms with van der Waals surface area (Å²) >= 11 is 0. The zero-order valence-electron chi connectivity index (χ0n) is 15.7. The molecule has 0 unspecified atom stereocenters. The number of hydrogen-bond acceptors (Lipinski definition) is 5. The summed E-state index contributed by atoms with van der Waals surface area (Å²) < 4.78 is 10.8. The molecular weight excluding hydrogens is 322 g/mol. The van der Waals surface area contributed by atoms with Gasteiger partial charge in [0, 0.05) is 20.0 Å². The topological polar surface area (TPSA) is 79.9 Å². The van der Waals surface area contributed by atoms with Gasteiger partial charge < -0.3 is 20.1 Å². The van der Waals surface area contributed by atoms with Crippen LogP contribution in [-0.2, 0) is 16.0 Å². The number of fused-ring (bicyclic) bond motifs is 1. The molecule has 0 bridgehead atoms. The smallest absolute Gasteiger partial charge is 0.237 e. The average molecular weight is 349 g/mol. The maximum Gasteiger partial charge on any atom is 0.237 e. The van der Waals surface area contributed by atoms with Gasteiger partial charge in [-0.15, -0.1) is 0 Å². The van der Waals surface area contributed by atoms with Crippen LogP contribution < -0.4 is 20.1 Å². The Kier molecular flexibility index (Phi) is 5.89. The van der Waals surface area contributed by atoms with E-state index in [1.165, 1.54) is 6.92 Å². The molecule has 138 valence electrons. The van der Waals surface area contributed by atoms with Crippen molar-refractivity contribution in [1.82, 2.24) is 15.5 Å². The number of methoxy groups -OCH3 is 2. The Hall–Kier alpha value is -2.28. The Morgan fingerprint density at radius 2 is 1.84 bits per heavy atom. The normalized spacial score (nSPS) is 21.0. The standard InChI is InChI=1S/C18H27N3O4/c1-10(20-11(2)22)17-13-9-16(25-6)15(24-5)8-12(13)7-14(21(17)4)18(23)19-3/h8-10,14,17H,7H2,1-6H3,(H,19,23)(H,20,22)/t10-,14-,17-/m0/s1. The first-order valence-corrected chi connectivity index (χ1v) is 8.29. The van der Waals surface area contributed by atoms with Crippen molar-refractivity contribution >= 4 is 11.8 Å². The van der Waals surface area contributed by atoms with Crippen LogP contribution in [0.2, 0.25) is 0 Å². The molecule has 0 saturated heterocycles. The number of ether oxygens (including phenoxy) is 2. The third kappa shape index (κ3) is 3.71. The number of hydrogen-bond donors (Lipinski definition) is 2. The van der Waals surface area contributed by atoms with E-state index in [0.29, 0.717) is 17.9 Å². The number of carbonyl (C=O) groups is 2. The van der Waals surface area contributed by atoms with Gasteiger partial charge in [-0.05, 0) is 43.7 Å². The minimum atomic E-state index is -0.322. The van der Waals surface area contributed by atoms with E-state index in [4.69, 9.17) is 9.47 Å². The van der Waals surface area contributed by atoms with Crippen LogP contribution in [0.15, 0.2) is 12.1 Å². The van der Waals surface area contributed by atoms with Crippen LogP contribution in [-0.4, -0.2) is 57.1 Å². The maximum absolute atomic E-state index is 12.4. The van der Waals surface area contributed by atoms with Gasteiger partial charge in [-0.3, -0.25) is 14.5 Å². The summed E-state index contributed by atoms with van der Waals surface area (Å²) in [7, 11) is 6.72. The van der Waals surface area contributed by atoms with Gasteiger partial charge in [0.15, 0.2) is 11.5 Å². The molecule has 1 aliphatic rings. The first-order chi connectivity index (χ1) is 11.8. The fourth-order valence-electron chi connectivity index (χ4n) is 3.62. The Bertz CT molecular complexity index is 662. The van der Waals surface area contributed by atoms with Crippen molar-refractivity contribution in [3.05, 3.63) is 23.3 Å². The van der Waals surface area contributed by atoms with Crippen molar-refractivity contribution in [2.45, 2.75) is 38.4 Å². The summed E-state index contributed by atoms with van der Waals surface area (Å²) in [4.78, 5) is 25.9. The summed E-state index contributed by atoms with van der Waals surface area (Å²) in [6.45, 7) is 3.43. The molecule has 1 heterocycles. The highest BCUT2D eigenvalue weighted by Crippen LogP contribution is 2.40. The van der Waals surface area contributed by atoms with Crippen molar-refractivity contribution < 1.29 is 19.1 Å². The summed E-state index contributed by atoms with van der Waals surface area (Å²) in [5.41, 5.74) is 2.05. The zero-order valence-corrected chi connectivity index (χ0v) is 15.7. The molecular formula is C18H27N3O4. The van der Waals surface area contributed by atoms with Crippen LogP contribution in [0.3, 0.4) is 0 Å². The molecule has 0 aromatic heterocycles. The highest BCUT2D eigenvalue weighted by atomic mass is 16.5. The van der Waals surface area contributed by atoms with Crippen LogP contribution in [0.5, 0.6) is 11.5 Å². The Balaban J connectivity index is 2.56. The molecule has 0 fully saturated rings. The lowest BCUT2D eigenvalue weighted by Crippen LogP contribution is -2.54. The first-order valence-electron chi connectivity index (χ1n) is 8.29. The highest BCUT2D eigenvalue weighted by Gasteiger charge is 2.39. The lowest BCUT2D eigenvalue weighted by atomic mass is 9.84. The van der Waals surface area contributed by atoms with Gasteiger partial charge in [0.05, 0.1) is 26.3 Å². The lowest BCUT2D eigenvalue weighted by molar-refractivity contribution is -0.127. The molecule has 2 rings (SSSR count). The molecule has 3 atom stereocenters. The van der Waals surface area contributed by atoms with Crippen LogP contribution in [0.25, 0.3) is 0 Å². The maximum atomic E-state index is 12.4. The van der Waals surface area contributed by atoms with Gasteiger partial charge in [-0.1, -0.05) is 0 Å². The van der Waals surface area contributed by atoms with E-state index in [1.54, 1.807) is 21.3 Å². The van der Waals surface area contributed by atoms with Crippen molar-refractivity contribution in [2.75, 3.05) is 28.3 Å². The van der Waals surface area contributed by atoms with E-state index in [2.05, 4.69) is 10.6 Å². The zero-order chi connectivity index (χ0) is 18.7. The predicted octanol–water partition coefficient (Wildman–Crippen LogP) is 0.872. The van der Waals surface area contributed by atoms with Crippen LogP contribution in [0.4, 0.5) is 0 Å². The molecule has 0 saturated carbocycles. The molecule has 1 aromatic rings. The van der Waals surface area contributed by atoms with Gasteiger partial charge in [0.1, 0.15) is 0 Å². The molecule has 0 spiro atoms. The second-order valence-corrected chi connectivity index (χ2v) is 6.34. The minimum Gasteiger partial charge on any atom is -0.493 e. The predicted molar refractivity (Wildman–Crippen MR) is 94.9 cm³/mol. The van der Waals surface area contributed by atoms with Crippen molar-refractivity contribution in [3.8, 4) is 11.5 Å². The van der Waals surface area contributed by atoms with E-state index in [0.717, 1.165) is 11.1 Å². The molecule has 0 aliphatic carbocycles. The van der Waals surface area contributed by atoms with Gasteiger partial charge in [-0.25, -0.2) is 0 Å². The average Bonchev–Trinajstić information content (AvgIpc) is 2.58. The molecule has 2 amide bonds. The number of amides is 2. The summed E-state index contributed by atoms with van der Waals surface area (Å²) in [5, 5.41) is 5.67. The van der Waals surface area contributed by atoms with Gasteiger partial charge >= 0.3 is 0 Å². The fraction of sp³-hybridized carbons (Fsp3) is 0.556. The quantitative estimate of drug-likeness (QED) is 0.825. The third-order valence-corrected chi connectivity index (χ3v) is 4.76. The molecule has 1 aromatic carbocycles. The van der Waals surface area contributed by atoms with Crippen LogP contribution >= 0.6 is 0 Å².